The highest BCUT2D eigenvalue weighted by Crippen LogP contribution is 2.20. The van der Waals surface area contributed by atoms with Gasteiger partial charge < -0.3 is 20.5 Å². The SMILES string of the molecule is COC(=O)[C@H](Cc1c(C)cc(C(=O)CN)cc1C)NC(=O)OC(C)(C)C. The Labute approximate surface area is 154 Å². The molecule has 0 aromatic heterocycles. The Morgan fingerprint density at radius 3 is 2.12 bits per heavy atom. The maximum atomic E-state index is 12.1. The van der Waals surface area contributed by atoms with Gasteiger partial charge in [-0.3, -0.25) is 4.79 Å². The smallest absolute Gasteiger partial charge is 0.408 e. The van der Waals surface area contributed by atoms with Crippen molar-refractivity contribution in [1.82, 2.24) is 5.32 Å². The van der Waals surface area contributed by atoms with Gasteiger partial charge in [0.25, 0.3) is 0 Å². The summed E-state index contributed by atoms with van der Waals surface area (Å²) in [6.45, 7) is 8.84. The molecule has 1 aromatic carbocycles. The minimum atomic E-state index is -0.900. The fourth-order valence-electron chi connectivity index (χ4n) is 2.58. The van der Waals surface area contributed by atoms with Gasteiger partial charge >= 0.3 is 12.1 Å². The van der Waals surface area contributed by atoms with Crippen LogP contribution in [0.25, 0.3) is 0 Å². The molecule has 0 spiro atoms. The number of rotatable bonds is 6. The van der Waals surface area contributed by atoms with E-state index in [-0.39, 0.29) is 18.7 Å². The van der Waals surface area contributed by atoms with Crippen LogP contribution < -0.4 is 11.1 Å². The molecule has 0 bridgehead atoms. The molecule has 7 heteroatoms. The number of methoxy groups -OCH3 is 1. The number of ketones is 1. The molecule has 3 N–H and O–H groups in total. The maximum Gasteiger partial charge on any atom is 0.408 e. The number of carbonyl (C=O) groups excluding carboxylic acids is 3. The molecule has 0 aliphatic carbocycles. The lowest BCUT2D eigenvalue weighted by molar-refractivity contribution is -0.143. The standard InChI is InChI=1S/C19H28N2O5/c1-11-7-13(16(22)10-20)8-12(2)14(11)9-15(17(23)25-6)21-18(24)26-19(3,4)5/h7-8,15H,9-10,20H2,1-6H3,(H,21,24)/t15-/m0/s1. The van der Waals surface area contributed by atoms with Crippen molar-refractivity contribution in [2.75, 3.05) is 13.7 Å². The van der Waals surface area contributed by atoms with Crippen LogP contribution in [-0.4, -0.2) is 43.1 Å². The molecule has 0 saturated carbocycles. The first kappa shape index (κ1) is 21.6. The second-order valence-electron chi connectivity index (χ2n) is 7.14. The minimum absolute atomic E-state index is 0.0663. The predicted octanol–water partition coefficient (Wildman–Crippen LogP) is 2.05. The van der Waals surface area contributed by atoms with Crippen LogP contribution in [0.4, 0.5) is 4.79 Å². The Kier molecular flexibility index (Phi) is 7.32. The quantitative estimate of drug-likeness (QED) is 0.591. The molecule has 1 atom stereocenters. The van der Waals surface area contributed by atoms with Gasteiger partial charge in [0.15, 0.2) is 5.78 Å². The Morgan fingerprint density at radius 1 is 1.15 bits per heavy atom. The third kappa shape index (κ3) is 6.15. The highest BCUT2D eigenvalue weighted by Gasteiger charge is 2.26. The number of alkyl carbamates (subject to hydrolysis) is 1. The van der Waals surface area contributed by atoms with Crippen LogP contribution in [0.2, 0.25) is 0 Å². The van der Waals surface area contributed by atoms with Crippen LogP contribution in [0.3, 0.4) is 0 Å². The van der Waals surface area contributed by atoms with Gasteiger partial charge in [0.1, 0.15) is 11.6 Å². The Bertz CT molecular complexity index is 669. The third-order valence-electron chi connectivity index (χ3n) is 3.79. The first-order chi connectivity index (χ1) is 12.0. The number of amides is 1. The first-order valence-electron chi connectivity index (χ1n) is 8.39. The van der Waals surface area contributed by atoms with E-state index in [0.717, 1.165) is 16.7 Å². The van der Waals surface area contributed by atoms with Crippen molar-refractivity contribution in [3.05, 3.63) is 34.4 Å². The van der Waals surface area contributed by atoms with Crippen molar-refractivity contribution in [1.29, 1.82) is 0 Å². The summed E-state index contributed by atoms with van der Waals surface area (Å²) in [5.74, 6) is -0.726. The summed E-state index contributed by atoms with van der Waals surface area (Å²) >= 11 is 0. The van der Waals surface area contributed by atoms with E-state index >= 15 is 0 Å². The van der Waals surface area contributed by atoms with Gasteiger partial charge in [-0.05, 0) is 63.4 Å². The molecule has 0 aliphatic rings. The molecule has 26 heavy (non-hydrogen) atoms. The van der Waals surface area contributed by atoms with E-state index in [2.05, 4.69) is 5.32 Å². The molecule has 7 nitrogen and oxygen atoms in total. The molecule has 1 rings (SSSR count). The molecule has 144 valence electrons. The van der Waals surface area contributed by atoms with E-state index < -0.39 is 23.7 Å². The van der Waals surface area contributed by atoms with E-state index in [1.54, 1.807) is 32.9 Å². The maximum absolute atomic E-state index is 12.1. The van der Waals surface area contributed by atoms with Crippen molar-refractivity contribution in [2.24, 2.45) is 5.73 Å². The fraction of sp³-hybridized carbons (Fsp3) is 0.526. The van der Waals surface area contributed by atoms with Crippen molar-refractivity contribution >= 4 is 17.8 Å². The molecular weight excluding hydrogens is 336 g/mol. The molecule has 0 fully saturated rings. The summed E-state index contributed by atoms with van der Waals surface area (Å²) in [4.78, 5) is 35.9. The molecule has 0 saturated heterocycles. The summed E-state index contributed by atoms with van der Waals surface area (Å²) in [7, 11) is 1.26. The number of esters is 1. The highest BCUT2D eigenvalue weighted by atomic mass is 16.6. The summed E-state index contributed by atoms with van der Waals surface area (Å²) in [6.07, 6.45) is -0.473. The summed E-state index contributed by atoms with van der Waals surface area (Å²) in [6, 6.07) is 2.57. The number of nitrogens with two attached hydrogens (primary N) is 1. The summed E-state index contributed by atoms with van der Waals surface area (Å²) in [5.41, 5.74) is 7.78. The lowest BCUT2D eigenvalue weighted by atomic mass is 9.93. The van der Waals surface area contributed by atoms with Crippen LogP contribution in [0.5, 0.6) is 0 Å². The van der Waals surface area contributed by atoms with Gasteiger partial charge in [-0.25, -0.2) is 9.59 Å². The van der Waals surface area contributed by atoms with Gasteiger partial charge in [-0.15, -0.1) is 0 Å². The van der Waals surface area contributed by atoms with Crippen molar-refractivity contribution in [3.8, 4) is 0 Å². The van der Waals surface area contributed by atoms with Crippen LogP contribution in [-0.2, 0) is 20.7 Å². The second-order valence-corrected chi connectivity index (χ2v) is 7.14. The number of hydrogen-bond donors (Lipinski definition) is 2. The zero-order valence-electron chi connectivity index (χ0n) is 16.3. The Morgan fingerprint density at radius 2 is 1.69 bits per heavy atom. The van der Waals surface area contributed by atoms with Gasteiger partial charge in [-0.2, -0.15) is 0 Å². The number of ether oxygens (including phenoxy) is 2. The Balaban J connectivity index is 3.07. The minimum Gasteiger partial charge on any atom is -0.467 e. The Hall–Kier alpha value is -2.41. The fourth-order valence-corrected chi connectivity index (χ4v) is 2.58. The van der Waals surface area contributed by atoms with Gasteiger partial charge in [0.05, 0.1) is 13.7 Å². The molecule has 0 unspecified atom stereocenters. The third-order valence-corrected chi connectivity index (χ3v) is 3.79. The van der Waals surface area contributed by atoms with E-state index in [0.29, 0.717) is 5.56 Å². The molecule has 0 aliphatic heterocycles. The number of hydrogen-bond acceptors (Lipinski definition) is 6. The number of carbonyl (C=O) groups is 3. The summed E-state index contributed by atoms with van der Waals surface area (Å²) < 4.78 is 10.0. The van der Waals surface area contributed by atoms with Gasteiger partial charge in [-0.1, -0.05) is 0 Å². The normalized spacial score (nSPS) is 12.3. The van der Waals surface area contributed by atoms with E-state index in [4.69, 9.17) is 15.2 Å². The van der Waals surface area contributed by atoms with E-state index in [9.17, 15) is 14.4 Å². The second kappa shape index (κ2) is 8.80. The highest BCUT2D eigenvalue weighted by molar-refractivity contribution is 5.98. The average Bonchev–Trinajstić information content (AvgIpc) is 2.53. The molecule has 0 radical (unpaired) electrons. The number of nitrogens with one attached hydrogen (secondary N) is 1. The van der Waals surface area contributed by atoms with Crippen molar-refractivity contribution in [2.45, 2.75) is 52.7 Å². The summed E-state index contributed by atoms with van der Waals surface area (Å²) in [5, 5.41) is 2.55. The predicted molar refractivity (Wildman–Crippen MR) is 98.2 cm³/mol. The first-order valence-corrected chi connectivity index (χ1v) is 8.39. The van der Waals surface area contributed by atoms with Crippen molar-refractivity contribution < 1.29 is 23.9 Å². The van der Waals surface area contributed by atoms with Crippen LogP contribution in [0, 0.1) is 13.8 Å². The zero-order chi connectivity index (χ0) is 20.1. The topological polar surface area (TPSA) is 108 Å². The zero-order valence-corrected chi connectivity index (χ0v) is 16.3. The lowest BCUT2D eigenvalue weighted by Gasteiger charge is -2.23. The van der Waals surface area contributed by atoms with Crippen molar-refractivity contribution in [3.63, 3.8) is 0 Å². The average molecular weight is 364 g/mol. The number of aryl methyl sites for hydroxylation is 2. The lowest BCUT2D eigenvalue weighted by Crippen LogP contribution is -2.45. The van der Waals surface area contributed by atoms with Crippen LogP contribution >= 0.6 is 0 Å². The van der Waals surface area contributed by atoms with E-state index in [1.807, 2.05) is 13.8 Å². The van der Waals surface area contributed by atoms with Crippen LogP contribution in [0.1, 0.15) is 47.8 Å². The monoisotopic (exact) mass is 364 g/mol. The number of Topliss-reactive ketones (excluding diaryl/α,β-unsaturated/α-hetero) is 1. The molecule has 1 amide bonds. The van der Waals surface area contributed by atoms with Crippen LogP contribution in [0.15, 0.2) is 12.1 Å². The van der Waals surface area contributed by atoms with Gasteiger partial charge in [0, 0.05) is 12.0 Å². The largest absolute Gasteiger partial charge is 0.467 e. The number of benzene rings is 1. The molecular formula is C19H28N2O5. The molecule has 0 heterocycles. The molecule has 1 aromatic rings. The van der Waals surface area contributed by atoms with E-state index in [1.165, 1.54) is 7.11 Å². The van der Waals surface area contributed by atoms with Gasteiger partial charge in [0.2, 0.25) is 0 Å².